The van der Waals surface area contributed by atoms with Crippen LogP contribution in [0.5, 0.6) is 0 Å². The van der Waals surface area contributed by atoms with Crippen LogP contribution in [0.4, 0.5) is 10.1 Å². The number of benzene rings is 2. The first-order chi connectivity index (χ1) is 9.54. The van der Waals surface area contributed by atoms with Crippen molar-refractivity contribution < 1.29 is 9.18 Å². The standard InChI is InChI=1S/C15H10BrFN2O/c1-19(11-7-5-10(9-18)6-8-11)15(20)12-3-2-4-13(16)14(12)17/h2-8H,1H3. The molecule has 0 atom stereocenters. The SMILES string of the molecule is CN(C(=O)c1cccc(Br)c1F)c1ccc(C#N)cc1. The fourth-order valence-electron chi connectivity index (χ4n) is 1.73. The molecule has 5 heteroatoms. The number of carbonyl (C=O) groups is 1. The van der Waals surface area contributed by atoms with Crippen molar-refractivity contribution in [3.8, 4) is 6.07 Å². The Morgan fingerprint density at radius 1 is 1.25 bits per heavy atom. The summed E-state index contributed by atoms with van der Waals surface area (Å²) >= 11 is 3.06. The molecule has 0 fully saturated rings. The molecule has 0 aliphatic rings. The predicted octanol–water partition coefficient (Wildman–Crippen LogP) is 3.74. The van der Waals surface area contributed by atoms with Crippen molar-refractivity contribution in [3.63, 3.8) is 0 Å². The lowest BCUT2D eigenvalue weighted by Crippen LogP contribution is -2.27. The van der Waals surface area contributed by atoms with Crippen molar-refractivity contribution >= 4 is 27.5 Å². The van der Waals surface area contributed by atoms with Gasteiger partial charge in [0, 0.05) is 12.7 Å². The van der Waals surface area contributed by atoms with Crippen LogP contribution in [-0.4, -0.2) is 13.0 Å². The highest BCUT2D eigenvalue weighted by Crippen LogP contribution is 2.22. The second-order valence-electron chi connectivity index (χ2n) is 4.12. The summed E-state index contributed by atoms with van der Waals surface area (Å²) in [5, 5.41) is 8.74. The van der Waals surface area contributed by atoms with Crippen LogP contribution in [0.2, 0.25) is 0 Å². The first-order valence-electron chi connectivity index (χ1n) is 5.77. The van der Waals surface area contributed by atoms with Crippen molar-refractivity contribution in [3.05, 3.63) is 63.9 Å². The van der Waals surface area contributed by atoms with Gasteiger partial charge in [-0.2, -0.15) is 5.26 Å². The van der Waals surface area contributed by atoms with Crippen LogP contribution in [0.25, 0.3) is 0 Å². The summed E-state index contributed by atoms with van der Waals surface area (Å²) in [5.41, 5.74) is 1.09. The Labute approximate surface area is 124 Å². The zero-order valence-corrected chi connectivity index (χ0v) is 12.2. The summed E-state index contributed by atoms with van der Waals surface area (Å²) in [6.07, 6.45) is 0. The summed E-state index contributed by atoms with van der Waals surface area (Å²) in [5.74, 6) is -1.04. The van der Waals surface area contributed by atoms with Crippen LogP contribution < -0.4 is 4.90 Å². The molecule has 0 saturated carbocycles. The molecule has 0 heterocycles. The molecule has 0 aliphatic carbocycles. The molecule has 20 heavy (non-hydrogen) atoms. The van der Waals surface area contributed by atoms with Crippen molar-refractivity contribution in [1.82, 2.24) is 0 Å². The van der Waals surface area contributed by atoms with Crippen LogP contribution in [0.1, 0.15) is 15.9 Å². The predicted molar refractivity (Wildman–Crippen MR) is 78.0 cm³/mol. The number of halogens is 2. The maximum absolute atomic E-state index is 13.9. The number of nitriles is 1. The molecule has 0 unspecified atom stereocenters. The third-order valence-electron chi connectivity index (χ3n) is 2.87. The molecule has 100 valence electrons. The van der Waals surface area contributed by atoms with E-state index in [2.05, 4.69) is 15.9 Å². The van der Waals surface area contributed by atoms with Crippen LogP contribution in [-0.2, 0) is 0 Å². The Morgan fingerprint density at radius 3 is 2.50 bits per heavy atom. The number of nitrogens with zero attached hydrogens (tertiary/aromatic N) is 2. The normalized spacial score (nSPS) is 9.90. The number of rotatable bonds is 2. The van der Waals surface area contributed by atoms with Gasteiger partial charge < -0.3 is 4.90 Å². The molecular formula is C15H10BrFN2O. The maximum atomic E-state index is 13.9. The van der Waals surface area contributed by atoms with Gasteiger partial charge in [0.15, 0.2) is 0 Å². The first-order valence-corrected chi connectivity index (χ1v) is 6.56. The second kappa shape index (κ2) is 5.85. The highest BCUT2D eigenvalue weighted by molar-refractivity contribution is 9.10. The molecule has 0 N–H and O–H groups in total. The van der Waals surface area contributed by atoms with Crippen molar-refractivity contribution in [2.75, 3.05) is 11.9 Å². The highest BCUT2D eigenvalue weighted by Gasteiger charge is 2.18. The molecule has 2 aromatic rings. The Bertz CT molecular complexity index is 692. The monoisotopic (exact) mass is 332 g/mol. The minimum absolute atomic E-state index is 0.00812. The van der Waals surface area contributed by atoms with Gasteiger partial charge in [0.2, 0.25) is 0 Å². The lowest BCUT2D eigenvalue weighted by atomic mass is 10.1. The fourth-order valence-corrected chi connectivity index (χ4v) is 2.09. The maximum Gasteiger partial charge on any atom is 0.261 e. The Morgan fingerprint density at radius 2 is 1.90 bits per heavy atom. The number of carbonyl (C=O) groups excluding carboxylic acids is 1. The lowest BCUT2D eigenvalue weighted by molar-refractivity contribution is 0.0989. The van der Waals surface area contributed by atoms with Crippen LogP contribution in [0.3, 0.4) is 0 Å². The molecule has 0 spiro atoms. The largest absolute Gasteiger partial charge is 0.311 e. The molecule has 0 bridgehead atoms. The zero-order chi connectivity index (χ0) is 14.7. The van der Waals surface area contributed by atoms with E-state index in [1.54, 1.807) is 37.4 Å². The molecule has 0 aromatic heterocycles. The van der Waals surface area contributed by atoms with Crippen molar-refractivity contribution in [2.45, 2.75) is 0 Å². The molecule has 3 nitrogen and oxygen atoms in total. The minimum Gasteiger partial charge on any atom is -0.311 e. The molecule has 0 aliphatic heterocycles. The smallest absolute Gasteiger partial charge is 0.261 e. The number of hydrogen-bond acceptors (Lipinski definition) is 2. The van der Waals surface area contributed by atoms with Gasteiger partial charge >= 0.3 is 0 Å². The van der Waals surface area contributed by atoms with E-state index in [1.807, 2.05) is 6.07 Å². The van der Waals surface area contributed by atoms with E-state index in [-0.39, 0.29) is 10.0 Å². The lowest BCUT2D eigenvalue weighted by Gasteiger charge is -2.18. The van der Waals surface area contributed by atoms with Gasteiger partial charge in [-0.05, 0) is 52.3 Å². The molecule has 0 saturated heterocycles. The summed E-state index contributed by atoms with van der Waals surface area (Å²) < 4.78 is 14.2. The fraction of sp³-hybridized carbons (Fsp3) is 0.0667. The first kappa shape index (κ1) is 14.2. The molecule has 1 amide bonds. The van der Waals surface area contributed by atoms with Gasteiger partial charge in [0.25, 0.3) is 5.91 Å². The van der Waals surface area contributed by atoms with Crippen LogP contribution >= 0.6 is 15.9 Å². The van der Waals surface area contributed by atoms with Gasteiger partial charge in [0.1, 0.15) is 5.82 Å². The van der Waals surface area contributed by atoms with Crippen LogP contribution in [0.15, 0.2) is 46.9 Å². The van der Waals surface area contributed by atoms with Gasteiger partial charge in [-0.15, -0.1) is 0 Å². The molecule has 2 rings (SSSR count). The van der Waals surface area contributed by atoms with E-state index >= 15 is 0 Å². The van der Waals surface area contributed by atoms with Crippen molar-refractivity contribution in [2.24, 2.45) is 0 Å². The Kier molecular flexibility index (Phi) is 4.16. The van der Waals surface area contributed by atoms with Crippen LogP contribution in [0, 0.1) is 17.1 Å². The number of anilines is 1. The average Bonchev–Trinajstić information content (AvgIpc) is 2.48. The van der Waals surface area contributed by atoms with Gasteiger partial charge in [-0.25, -0.2) is 4.39 Å². The van der Waals surface area contributed by atoms with Gasteiger partial charge in [-0.1, -0.05) is 6.07 Å². The zero-order valence-electron chi connectivity index (χ0n) is 10.6. The summed E-state index contributed by atoms with van der Waals surface area (Å²) in [7, 11) is 1.56. The molecular weight excluding hydrogens is 323 g/mol. The third-order valence-corrected chi connectivity index (χ3v) is 3.48. The quantitative estimate of drug-likeness (QED) is 0.840. The van der Waals surface area contributed by atoms with E-state index in [9.17, 15) is 9.18 Å². The summed E-state index contributed by atoms with van der Waals surface area (Å²) in [6.45, 7) is 0. The van der Waals surface area contributed by atoms with E-state index in [0.29, 0.717) is 11.3 Å². The highest BCUT2D eigenvalue weighted by atomic mass is 79.9. The third kappa shape index (κ3) is 2.70. The van der Waals surface area contributed by atoms with E-state index in [0.717, 1.165) is 0 Å². The molecule has 0 radical (unpaired) electrons. The Hall–Kier alpha value is -2.19. The Balaban J connectivity index is 2.32. The van der Waals surface area contributed by atoms with Crippen molar-refractivity contribution in [1.29, 1.82) is 5.26 Å². The number of amides is 1. The average molecular weight is 333 g/mol. The van der Waals surface area contributed by atoms with E-state index in [4.69, 9.17) is 5.26 Å². The van der Waals surface area contributed by atoms with E-state index < -0.39 is 11.7 Å². The summed E-state index contributed by atoms with van der Waals surface area (Å²) in [6, 6.07) is 13.1. The topological polar surface area (TPSA) is 44.1 Å². The minimum atomic E-state index is -0.585. The summed E-state index contributed by atoms with van der Waals surface area (Å²) in [4.78, 5) is 13.6. The molecule has 2 aromatic carbocycles. The van der Waals surface area contributed by atoms with E-state index in [1.165, 1.54) is 17.0 Å². The number of hydrogen-bond donors (Lipinski definition) is 0. The van der Waals surface area contributed by atoms with Gasteiger partial charge in [0.05, 0.1) is 21.7 Å². The second-order valence-corrected chi connectivity index (χ2v) is 4.98. The van der Waals surface area contributed by atoms with Gasteiger partial charge in [-0.3, -0.25) is 4.79 Å².